The Hall–Kier alpha value is 0.0169. The van der Waals surface area contributed by atoms with E-state index < -0.39 is 8.56 Å². The van der Waals surface area contributed by atoms with Gasteiger partial charge in [-0.2, -0.15) is 0 Å². The largest absolute Gasteiger partial charge is 0.394 e. The topological polar surface area (TPSA) is 28.2 Å². The van der Waals surface area contributed by atoms with E-state index >= 15 is 0 Å². The van der Waals surface area contributed by atoms with Crippen LogP contribution in [-0.4, -0.2) is 96.4 Å². The lowest BCUT2D eigenvalue weighted by Crippen LogP contribution is -2.45. The minimum Gasteiger partial charge on any atom is -0.394 e. The Labute approximate surface area is 178 Å². The Morgan fingerprint density at radius 2 is 1.07 bits per heavy atom. The molecule has 0 saturated heterocycles. The fraction of sp³-hybridized carbons (Fsp3) is 1.00. The molecule has 0 saturated carbocycles. The van der Waals surface area contributed by atoms with Crippen LogP contribution >= 0.6 is 0 Å². The highest BCUT2D eigenvalue weighted by atomic mass is 28.4. The van der Waals surface area contributed by atoms with Crippen LogP contribution < -0.4 is 0 Å². The van der Waals surface area contributed by atoms with Gasteiger partial charge in [0, 0.05) is 25.8 Å². The second-order valence-electron chi connectivity index (χ2n) is 8.04. The summed E-state index contributed by atoms with van der Waals surface area (Å²) in [6.07, 6.45) is 4.95. The third-order valence-corrected chi connectivity index (χ3v) is 9.09. The Morgan fingerprint density at radius 3 is 1.43 bits per heavy atom. The molecule has 0 amide bonds. The zero-order chi connectivity index (χ0) is 21.3. The van der Waals surface area contributed by atoms with E-state index in [2.05, 4.69) is 63.4 Å². The second-order valence-corrected chi connectivity index (χ2v) is 11.6. The number of rotatable bonds is 20. The van der Waals surface area contributed by atoms with E-state index in [1.165, 1.54) is 65.0 Å². The van der Waals surface area contributed by atoms with E-state index in [-0.39, 0.29) is 0 Å². The van der Waals surface area contributed by atoms with Crippen molar-refractivity contribution in [3.05, 3.63) is 0 Å². The Balaban J connectivity index is 4.66. The molecule has 0 N–H and O–H groups in total. The lowest BCUT2D eigenvalue weighted by atomic mass is 10.3. The summed E-state index contributed by atoms with van der Waals surface area (Å²) >= 11 is 0. The highest BCUT2D eigenvalue weighted by molar-refractivity contribution is 6.67. The monoisotopic (exact) mass is 417 g/mol. The van der Waals surface area contributed by atoms with Crippen LogP contribution in [0.1, 0.15) is 60.3 Å². The van der Waals surface area contributed by atoms with E-state index in [9.17, 15) is 0 Å². The third-order valence-electron chi connectivity index (χ3n) is 5.40. The van der Waals surface area contributed by atoms with Crippen LogP contribution in [0.3, 0.4) is 0 Å². The molecule has 0 aromatic rings. The minimum atomic E-state index is -2.04. The van der Waals surface area contributed by atoms with Crippen LogP contribution in [0.4, 0.5) is 0 Å². The molecule has 5 nitrogen and oxygen atoms in total. The number of hydrogen-bond acceptors (Lipinski definition) is 5. The van der Waals surface area contributed by atoms with E-state index in [0.717, 1.165) is 31.8 Å². The standard InChI is InChI=1S/C22H51N3O2Si/c1-8-15-23(6)17-13-19-25(20-14-18-24(7)16-9-2)21-22-28(12-5,26-10-3)27-11-4/h8-22H2,1-7H3. The first-order valence-corrected chi connectivity index (χ1v) is 14.1. The Morgan fingerprint density at radius 1 is 0.607 bits per heavy atom. The summed E-state index contributed by atoms with van der Waals surface area (Å²) in [5, 5.41) is 0. The maximum atomic E-state index is 6.19. The van der Waals surface area contributed by atoms with E-state index in [4.69, 9.17) is 8.85 Å². The average molecular weight is 418 g/mol. The molecule has 170 valence electrons. The highest BCUT2D eigenvalue weighted by Crippen LogP contribution is 2.20. The SMILES string of the molecule is CCCN(C)CCCN(CCCN(C)CCC)CC[Si](CC)(OCC)OCC. The molecule has 0 aromatic carbocycles. The zero-order valence-electron chi connectivity index (χ0n) is 20.3. The zero-order valence-corrected chi connectivity index (χ0v) is 21.3. The maximum Gasteiger partial charge on any atom is 0.339 e. The first-order chi connectivity index (χ1) is 13.5. The first kappa shape index (κ1) is 28.0. The molecule has 6 heteroatoms. The predicted molar refractivity (Wildman–Crippen MR) is 126 cm³/mol. The van der Waals surface area contributed by atoms with Crippen LogP contribution in [0.25, 0.3) is 0 Å². The summed E-state index contributed by atoms with van der Waals surface area (Å²) in [7, 11) is 2.44. The summed E-state index contributed by atoms with van der Waals surface area (Å²) in [5.74, 6) is 0. The summed E-state index contributed by atoms with van der Waals surface area (Å²) in [4.78, 5) is 7.58. The van der Waals surface area contributed by atoms with Crippen molar-refractivity contribution in [1.29, 1.82) is 0 Å². The highest BCUT2D eigenvalue weighted by Gasteiger charge is 2.35. The molecular formula is C22H51N3O2Si. The van der Waals surface area contributed by atoms with Gasteiger partial charge in [0.25, 0.3) is 0 Å². The third kappa shape index (κ3) is 13.3. The molecule has 0 aromatic heterocycles. The number of nitrogens with zero attached hydrogens (tertiary/aromatic N) is 3. The molecule has 0 spiro atoms. The second kappa shape index (κ2) is 17.8. The van der Waals surface area contributed by atoms with Crippen molar-refractivity contribution in [2.45, 2.75) is 72.4 Å². The van der Waals surface area contributed by atoms with E-state index in [1.807, 2.05) is 0 Å². The molecule has 0 atom stereocenters. The van der Waals surface area contributed by atoms with Gasteiger partial charge in [-0.15, -0.1) is 0 Å². The molecule has 0 rings (SSSR count). The quantitative estimate of drug-likeness (QED) is 0.276. The molecule has 0 fully saturated rings. The van der Waals surface area contributed by atoms with Gasteiger partial charge in [-0.05, 0) is 98.9 Å². The van der Waals surface area contributed by atoms with Crippen molar-refractivity contribution >= 4 is 8.56 Å². The molecule has 0 bridgehead atoms. The fourth-order valence-corrected chi connectivity index (χ4v) is 6.72. The van der Waals surface area contributed by atoms with Crippen LogP contribution in [0.2, 0.25) is 12.1 Å². The van der Waals surface area contributed by atoms with Crippen molar-refractivity contribution in [1.82, 2.24) is 14.7 Å². The molecule has 0 aliphatic rings. The molecule has 0 aliphatic heterocycles. The van der Waals surface area contributed by atoms with Gasteiger partial charge >= 0.3 is 8.56 Å². The minimum absolute atomic E-state index is 0.768. The van der Waals surface area contributed by atoms with Gasteiger partial charge in [-0.25, -0.2) is 0 Å². The predicted octanol–water partition coefficient (Wildman–Crippen LogP) is 4.29. The van der Waals surface area contributed by atoms with Crippen molar-refractivity contribution in [2.75, 3.05) is 73.1 Å². The summed E-state index contributed by atoms with van der Waals surface area (Å²) in [6, 6.07) is 2.13. The molecule has 0 aliphatic carbocycles. The molecule has 0 heterocycles. The lowest BCUT2D eigenvalue weighted by Gasteiger charge is -2.32. The first-order valence-electron chi connectivity index (χ1n) is 11.8. The normalized spacial score (nSPS) is 12.6. The van der Waals surface area contributed by atoms with Gasteiger partial charge < -0.3 is 23.6 Å². The van der Waals surface area contributed by atoms with Crippen LogP contribution in [0.5, 0.6) is 0 Å². The van der Waals surface area contributed by atoms with Crippen LogP contribution in [0, 0.1) is 0 Å². The van der Waals surface area contributed by atoms with Crippen LogP contribution in [-0.2, 0) is 8.85 Å². The van der Waals surface area contributed by atoms with Crippen LogP contribution in [0.15, 0.2) is 0 Å². The fourth-order valence-electron chi connectivity index (χ4n) is 3.87. The number of hydrogen-bond donors (Lipinski definition) is 0. The van der Waals surface area contributed by atoms with Gasteiger partial charge in [0.15, 0.2) is 0 Å². The van der Waals surface area contributed by atoms with Gasteiger partial charge in [-0.3, -0.25) is 0 Å². The average Bonchev–Trinajstić information content (AvgIpc) is 2.66. The van der Waals surface area contributed by atoms with Gasteiger partial charge in [0.1, 0.15) is 0 Å². The van der Waals surface area contributed by atoms with E-state index in [0.29, 0.717) is 0 Å². The summed E-state index contributed by atoms with van der Waals surface area (Å²) < 4.78 is 12.4. The maximum absolute atomic E-state index is 6.19. The lowest BCUT2D eigenvalue weighted by molar-refractivity contribution is 0.173. The van der Waals surface area contributed by atoms with Crippen molar-refractivity contribution < 1.29 is 8.85 Å². The van der Waals surface area contributed by atoms with Gasteiger partial charge in [-0.1, -0.05) is 20.8 Å². The smallest absolute Gasteiger partial charge is 0.339 e. The van der Waals surface area contributed by atoms with Crippen molar-refractivity contribution in [3.63, 3.8) is 0 Å². The summed E-state index contributed by atoms with van der Waals surface area (Å²) in [5.41, 5.74) is 0. The molecular weight excluding hydrogens is 366 g/mol. The Kier molecular flexibility index (Phi) is 17.9. The van der Waals surface area contributed by atoms with Gasteiger partial charge in [0.2, 0.25) is 0 Å². The van der Waals surface area contributed by atoms with Gasteiger partial charge in [0.05, 0.1) is 0 Å². The van der Waals surface area contributed by atoms with Crippen molar-refractivity contribution in [2.24, 2.45) is 0 Å². The Bertz CT molecular complexity index is 324. The van der Waals surface area contributed by atoms with E-state index in [1.54, 1.807) is 0 Å². The summed E-state index contributed by atoms with van der Waals surface area (Å²) in [6.45, 7) is 20.7. The molecule has 0 radical (unpaired) electrons. The molecule has 0 unspecified atom stereocenters. The van der Waals surface area contributed by atoms with Crippen molar-refractivity contribution in [3.8, 4) is 0 Å². The molecule has 28 heavy (non-hydrogen) atoms.